The van der Waals surface area contributed by atoms with Crippen LogP contribution in [0.4, 0.5) is 5.69 Å². The number of nitrogens with zero attached hydrogens (tertiary/aromatic N) is 3. The summed E-state index contributed by atoms with van der Waals surface area (Å²) in [7, 11) is 0. The van der Waals surface area contributed by atoms with Gasteiger partial charge in [-0.25, -0.2) is 4.68 Å². The van der Waals surface area contributed by atoms with Crippen LogP contribution in [0.3, 0.4) is 0 Å². The highest BCUT2D eigenvalue weighted by Gasteiger charge is 2.35. The summed E-state index contributed by atoms with van der Waals surface area (Å²) in [5, 5.41) is 3.10. The smallest absolute Gasteiger partial charge is 0.280 e. The van der Waals surface area contributed by atoms with Crippen LogP contribution >= 0.6 is 0 Å². The molecular formula is C28H24N4O3. The van der Waals surface area contributed by atoms with Gasteiger partial charge in [0.05, 0.1) is 34.6 Å². The molecule has 0 saturated carbocycles. The normalized spacial score (nSPS) is 13.2. The molecule has 7 heteroatoms. The van der Waals surface area contributed by atoms with Gasteiger partial charge in [-0.3, -0.25) is 29.4 Å². The van der Waals surface area contributed by atoms with Crippen molar-refractivity contribution >= 4 is 23.7 Å². The van der Waals surface area contributed by atoms with E-state index in [-0.39, 0.29) is 23.9 Å². The lowest BCUT2D eigenvalue weighted by molar-refractivity contribution is 0.0642. The minimum absolute atomic E-state index is 0.158. The van der Waals surface area contributed by atoms with Crippen molar-refractivity contribution in [2.24, 2.45) is 4.99 Å². The molecule has 0 spiro atoms. The maximum absolute atomic E-state index is 13.0. The van der Waals surface area contributed by atoms with Crippen LogP contribution in [0, 0.1) is 20.8 Å². The number of aliphatic imine (C=N–C) groups is 1. The number of rotatable bonds is 5. The molecule has 0 unspecified atom stereocenters. The van der Waals surface area contributed by atoms with Crippen molar-refractivity contribution in [3.8, 4) is 5.69 Å². The monoisotopic (exact) mass is 464 g/mol. The number of aryl methyl sites for hydroxylation is 3. The first kappa shape index (κ1) is 22.3. The minimum Gasteiger partial charge on any atom is -0.295 e. The third-order valence-electron chi connectivity index (χ3n) is 6.29. The Bertz CT molecular complexity index is 1520. The summed E-state index contributed by atoms with van der Waals surface area (Å²) in [6.07, 6.45) is 1.55. The summed E-state index contributed by atoms with van der Waals surface area (Å²) in [4.78, 5) is 44.3. The van der Waals surface area contributed by atoms with Crippen molar-refractivity contribution in [1.29, 1.82) is 0 Å². The molecule has 0 fully saturated rings. The number of aromatic nitrogens is 2. The molecule has 7 nitrogen and oxygen atoms in total. The van der Waals surface area contributed by atoms with Gasteiger partial charge in [0.2, 0.25) is 0 Å². The van der Waals surface area contributed by atoms with E-state index in [1.807, 2.05) is 63.2 Å². The van der Waals surface area contributed by atoms with Crippen LogP contribution < -0.4 is 5.56 Å². The van der Waals surface area contributed by atoms with Crippen molar-refractivity contribution < 1.29 is 9.59 Å². The predicted octanol–water partition coefficient (Wildman–Crippen LogP) is 4.64. The summed E-state index contributed by atoms with van der Waals surface area (Å²) >= 11 is 0. The highest BCUT2D eigenvalue weighted by atomic mass is 16.2. The van der Waals surface area contributed by atoms with E-state index in [1.165, 1.54) is 9.58 Å². The first-order valence-electron chi connectivity index (χ1n) is 11.3. The van der Waals surface area contributed by atoms with E-state index < -0.39 is 0 Å². The molecule has 2 amide bonds. The Labute approximate surface area is 202 Å². The Morgan fingerprint density at radius 2 is 1.51 bits per heavy atom. The Hall–Kier alpha value is -4.52. The van der Waals surface area contributed by atoms with E-state index in [9.17, 15) is 14.4 Å². The number of H-pyrrole nitrogens is 1. The Morgan fingerprint density at radius 1 is 0.857 bits per heavy atom. The molecular weight excluding hydrogens is 440 g/mol. The molecule has 1 aliphatic rings. The molecule has 2 heterocycles. The standard InChI is InChI=1S/C28H24N4O3/c1-17-8-12-22(13-9-17)32-28(35)25(19(3)30-32)15-29-21-11-10-18(2)20(14-21)16-31-26(33)23-6-4-5-7-24(23)27(31)34/h4-15,30H,16H2,1-3H3. The third kappa shape index (κ3) is 4.01. The van der Waals surface area contributed by atoms with Crippen LogP contribution in [0.1, 0.15) is 48.7 Å². The lowest BCUT2D eigenvalue weighted by Crippen LogP contribution is -2.29. The highest BCUT2D eigenvalue weighted by Crippen LogP contribution is 2.26. The van der Waals surface area contributed by atoms with Crippen LogP contribution in [0.15, 0.2) is 76.5 Å². The number of carbonyl (C=O) groups excluding carboxylic acids is 2. The van der Waals surface area contributed by atoms with Gasteiger partial charge in [0.25, 0.3) is 17.4 Å². The highest BCUT2D eigenvalue weighted by molar-refractivity contribution is 6.21. The van der Waals surface area contributed by atoms with Gasteiger partial charge in [0.1, 0.15) is 0 Å². The summed E-state index contributed by atoms with van der Waals surface area (Å²) in [5.74, 6) is -0.586. The van der Waals surface area contributed by atoms with E-state index in [0.717, 1.165) is 22.4 Å². The lowest BCUT2D eigenvalue weighted by atomic mass is 10.1. The molecule has 3 aromatic carbocycles. The van der Waals surface area contributed by atoms with Gasteiger partial charge in [-0.15, -0.1) is 0 Å². The molecule has 1 N–H and O–H groups in total. The van der Waals surface area contributed by atoms with Gasteiger partial charge >= 0.3 is 0 Å². The second-order valence-electron chi connectivity index (χ2n) is 8.74. The number of nitrogens with one attached hydrogen (secondary N) is 1. The zero-order chi connectivity index (χ0) is 24.7. The lowest BCUT2D eigenvalue weighted by Gasteiger charge is -2.16. The van der Waals surface area contributed by atoms with Crippen LogP contribution in [0.25, 0.3) is 5.69 Å². The maximum atomic E-state index is 13.0. The maximum Gasteiger partial charge on any atom is 0.280 e. The van der Waals surface area contributed by atoms with Gasteiger partial charge in [-0.1, -0.05) is 35.9 Å². The molecule has 35 heavy (non-hydrogen) atoms. The summed E-state index contributed by atoms with van der Waals surface area (Å²) < 4.78 is 1.50. The van der Waals surface area contributed by atoms with Crippen molar-refractivity contribution in [3.63, 3.8) is 0 Å². The number of aromatic amines is 1. The van der Waals surface area contributed by atoms with Crippen LogP contribution in [0.2, 0.25) is 0 Å². The Morgan fingerprint density at radius 3 is 2.17 bits per heavy atom. The fourth-order valence-electron chi connectivity index (χ4n) is 4.19. The molecule has 0 atom stereocenters. The number of imide groups is 1. The zero-order valence-corrected chi connectivity index (χ0v) is 19.7. The van der Waals surface area contributed by atoms with Gasteiger partial charge < -0.3 is 0 Å². The largest absolute Gasteiger partial charge is 0.295 e. The van der Waals surface area contributed by atoms with Crippen LogP contribution in [0.5, 0.6) is 0 Å². The molecule has 0 radical (unpaired) electrons. The summed E-state index contributed by atoms with van der Waals surface area (Å²) in [6, 6.07) is 20.1. The van der Waals surface area contributed by atoms with Crippen molar-refractivity contribution in [3.05, 3.63) is 116 Å². The van der Waals surface area contributed by atoms with E-state index in [1.54, 1.807) is 30.5 Å². The molecule has 4 aromatic rings. The Balaban J connectivity index is 1.41. The predicted molar refractivity (Wildman–Crippen MR) is 135 cm³/mol. The summed E-state index contributed by atoms with van der Waals surface area (Å²) in [6.45, 7) is 5.91. The second kappa shape index (κ2) is 8.68. The number of benzene rings is 3. The number of hydrogen-bond acceptors (Lipinski definition) is 4. The average molecular weight is 465 g/mol. The molecule has 0 aliphatic carbocycles. The van der Waals surface area contributed by atoms with Crippen molar-refractivity contribution in [2.45, 2.75) is 27.3 Å². The topological polar surface area (TPSA) is 87.5 Å². The third-order valence-corrected chi connectivity index (χ3v) is 6.29. The van der Waals surface area contributed by atoms with Crippen molar-refractivity contribution in [2.75, 3.05) is 0 Å². The van der Waals surface area contributed by atoms with Gasteiger partial charge in [0, 0.05) is 11.9 Å². The van der Waals surface area contributed by atoms with E-state index >= 15 is 0 Å². The van der Waals surface area contributed by atoms with Gasteiger partial charge in [0.15, 0.2) is 0 Å². The van der Waals surface area contributed by atoms with Crippen LogP contribution in [-0.4, -0.2) is 32.7 Å². The van der Waals surface area contributed by atoms with Crippen LogP contribution in [-0.2, 0) is 6.54 Å². The summed E-state index contributed by atoms with van der Waals surface area (Å²) in [5.41, 5.74) is 6.10. The molecule has 174 valence electrons. The first-order chi connectivity index (χ1) is 16.8. The fraction of sp³-hybridized carbons (Fsp3) is 0.143. The molecule has 1 aromatic heterocycles. The molecule has 1 aliphatic heterocycles. The van der Waals surface area contributed by atoms with E-state index in [0.29, 0.717) is 28.1 Å². The number of carbonyl (C=O) groups is 2. The van der Waals surface area contributed by atoms with Gasteiger partial charge in [-0.05, 0) is 68.3 Å². The minimum atomic E-state index is -0.293. The van der Waals surface area contributed by atoms with Crippen molar-refractivity contribution in [1.82, 2.24) is 14.7 Å². The molecule has 5 rings (SSSR count). The number of hydrogen-bond donors (Lipinski definition) is 1. The second-order valence-corrected chi connectivity index (χ2v) is 8.74. The van der Waals surface area contributed by atoms with E-state index in [2.05, 4.69) is 10.1 Å². The molecule has 0 bridgehead atoms. The quantitative estimate of drug-likeness (QED) is 0.345. The van der Waals surface area contributed by atoms with E-state index in [4.69, 9.17) is 0 Å². The average Bonchev–Trinajstić information content (AvgIpc) is 3.27. The first-order valence-corrected chi connectivity index (χ1v) is 11.3. The number of amides is 2. The Kier molecular flexibility index (Phi) is 5.53. The number of fused-ring (bicyclic) bond motifs is 1. The molecule has 0 saturated heterocycles. The van der Waals surface area contributed by atoms with Gasteiger partial charge in [-0.2, -0.15) is 0 Å². The zero-order valence-electron chi connectivity index (χ0n) is 19.7. The fourth-order valence-corrected chi connectivity index (χ4v) is 4.19. The SMILES string of the molecule is Cc1ccc(-n2[nH]c(C)c(C=Nc3ccc(C)c(CN4C(=O)c5ccccc5C4=O)c3)c2=O)cc1.